The molecule has 0 radical (unpaired) electrons. The van der Waals surface area contributed by atoms with Crippen LogP contribution >= 0.6 is 0 Å². The van der Waals surface area contributed by atoms with Gasteiger partial charge in [0.05, 0.1) is 6.54 Å². The summed E-state index contributed by atoms with van der Waals surface area (Å²) in [5.74, 6) is -0.636. The molecule has 0 aliphatic heterocycles. The molecule has 0 aliphatic carbocycles. The van der Waals surface area contributed by atoms with Crippen LogP contribution in [0.4, 0.5) is 5.69 Å². The van der Waals surface area contributed by atoms with E-state index in [1.807, 2.05) is 42.3 Å². The molecule has 2 rings (SSSR count). The Kier molecular flexibility index (Phi) is 3.71. The van der Waals surface area contributed by atoms with Crippen LogP contribution in [0, 0.1) is 0 Å². The summed E-state index contributed by atoms with van der Waals surface area (Å²) in [4.78, 5) is 13.9. The molecule has 19 heavy (non-hydrogen) atoms. The number of rotatable bonds is 4. The number of para-hydroxylation sites is 1. The maximum absolute atomic E-state index is 12.1. The number of benzene rings is 2. The molecule has 2 aromatic rings. The molecule has 0 atom stereocenters. The van der Waals surface area contributed by atoms with Crippen LogP contribution in [0.25, 0.3) is 0 Å². The van der Waals surface area contributed by atoms with Crippen LogP contribution in [-0.2, 0) is 0 Å². The van der Waals surface area contributed by atoms with Crippen molar-refractivity contribution in [1.29, 1.82) is 0 Å². The van der Waals surface area contributed by atoms with Crippen molar-refractivity contribution < 1.29 is 15.0 Å². The summed E-state index contributed by atoms with van der Waals surface area (Å²) < 4.78 is 0. The Morgan fingerprint density at radius 1 is 1.05 bits per heavy atom. The van der Waals surface area contributed by atoms with Crippen LogP contribution < -0.4 is 4.90 Å². The summed E-state index contributed by atoms with van der Waals surface area (Å²) in [6, 6.07) is 13.6. The molecule has 0 aromatic heterocycles. The topological polar surface area (TPSA) is 60.8 Å². The number of likely N-dealkylation sites (N-methyl/N-ethyl adjacent to an activating group) is 1. The second-order valence-electron chi connectivity index (χ2n) is 4.32. The van der Waals surface area contributed by atoms with E-state index in [4.69, 9.17) is 0 Å². The summed E-state index contributed by atoms with van der Waals surface area (Å²) in [5, 5.41) is 18.6. The number of carbonyl (C=O) groups excluding carboxylic acids is 1. The van der Waals surface area contributed by atoms with Gasteiger partial charge in [-0.3, -0.25) is 4.79 Å². The smallest absolute Gasteiger partial charge is 0.182 e. The lowest BCUT2D eigenvalue weighted by Crippen LogP contribution is -2.25. The fraction of sp³-hybridized carbons (Fsp3) is 0.133. The van der Waals surface area contributed by atoms with Gasteiger partial charge >= 0.3 is 0 Å². The lowest BCUT2D eigenvalue weighted by Gasteiger charge is -2.18. The summed E-state index contributed by atoms with van der Waals surface area (Å²) >= 11 is 0. The summed E-state index contributed by atoms with van der Waals surface area (Å²) in [7, 11) is 1.83. The van der Waals surface area contributed by atoms with Crippen molar-refractivity contribution in [2.75, 3.05) is 18.5 Å². The van der Waals surface area contributed by atoms with Crippen LogP contribution in [0.3, 0.4) is 0 Å². The third-order valence-corrected chi connectivity index (χ3v) is 2.88. The van der Waals surface area contributed by atoms with E-state index >= 15 is 0 Å². The fourth-order valence-electron chi connectivity index (χ4n) is 1.78. The molecule has 4 nitrogen and oxygen atoms in total. The summed E-state index contributed by atoms with van der Waals surface area (Å²) in [6.45, 7) is 0.203. The predicted octanol–water partition coefficient (Wildman–Crippen LogP) is 2.42. The molecule has 0 saturated carbocycles. The van der Waals surface area contributed by atoms with Crippen LogP contribution in [0.1, 0.15) is 10.4 Å². The van der Waals surface area contributed by atoms with Crippen LogP contribution in [0.2, 0.25) is 0 Å². The Labute approximate surface area is 111 Å². The first kappa shape index (κ1) is 13.0. The lowest BCUT2D eigenvalue weighted by molar-refractivity contribution is 0.1000. The van der Waals surface area contributed by atoms with E-state index in [1.165, 1.54) is 18.2 Å². The minimum Gasteiger partial charge on any atom is -0.504 e. The summed E-state index contributed by atoms with van der Waals surface area (Å²) in [5.41, 5.74) is 1.32. The van der Waals surface area contributed by atoms with E-state index in [0.717, 1.165) is 5.69 Å². The van der Waals surface area contributed by atoms with Gasteiger partial charge in [0.15, 0.2) is 17.3 Å². The number of nitrogens with zero attached hydrogens (tertiary/aromatic N) is 1. The first-order valence-electron chi connectivity index (χ1n) is 5.89. The Hall–Kier alpha value is -2.49. The standard InChI is InChI=1S/C15H15NO3/c1-16(12-5-3-2-4-6-12)10-15(19)11-7-8-13(17)14(18)9-11/h2-9,17-18H,10H2,1H3. The second kappa shape index (κ2) is 5.44. The van der Waals surface area contributed by atoms with Crippen molar-refractivity contribution in [2.45, 2.75) is 0 Å². The van der Waals surface area contributed by atoms with E-state index in [2.05, 4.69) is 0 Å². The van der Waals surface area contributed by atoms with Crippen LogP contribution in [-0.4, -0.2) is 29.6 Å². The Morgan fingerprint density at radius 3 is 2.37 bits per heavy atom. The molecule has 0 aliphatic rings. The number of Topliss-reactive ketones (excluding diaryl/α,β-unsaturated/α-hetero) is 1. The van der Waals surface area contributed by atoms with E-state index < -0.39 is 0 Å². The maximum atomic E-state index is 12.1. The molecule has 0 fully saturated rings. The molecule has 0 heterocycles. The molecule has 0 spiro atoms. The third-order valence-electron chi connectivity index (χ3n) is 2.88. The minimum absolute atomic E-state index is 0.123. The van der Waals surface area contributed by atoms with Gasteiger partial charge < -0.3 is 15.1 Å². The van der Waals surface area contributed by atoms with Crippen molar-refractivity contribution in [1.82, 2.24) is 0 Å². The number of phenols is 2. The molecule has 0 saturated heterocycles. The SMILES string of the molecule is CN(CC(=O)c1ccc(O)c(O)c1)c1ccccc1. The first-order valence-corrected chi connectivity index (χ1v) is 5.89. The molecule has 4 heteroatoms. The highest BCUT2D eigenvalue weighted by molar-refractivity contribution is 5.99. The zero-order chi connectivity index (χ0) is 13.8. The van der Waals surface area contributed by atoms with Gasteiger partial charge in [-0.25, -0.2) is 0 Å². The third kappa shape index (κ3) is 3.04. The van der Waals surface area contributed by atoms with Gasteiger partial charge in [0.2, 0.25) is 0 Å². The normalized spacial score (nSPS) is 10.2. The number of hydrogen-bond donors (Lipinski definition) is 2. The number of aromatic hydroxyl groups is 2. The monoisotopic (exact) mass is 257 g/mol. The molecule has 98 valence electrons. The van der Waals surface area contributed by atoms with E-state index in [9.17, 15) is 15.0 Å². The van der Waals surface area contributed by atoms with Crippen molar-refractivity contribution in [2.24, 2.45) is 0 Å². The van der Waals surface area contributed by atoms with Gasteiger partial charge in [-0.2, -0.15) is 0 Å². The average Bonchev–Trinajstić information content (AvgIpc) is 2.42. The largest absolute Gasteiger partial charge is 0.504 e. The fourth-order valence-corrected chi connectivity index (χ4v) is 1.78. The average molecular weight is 257 g/mol. The van der Waals surface area contributed by atoms with Gasteiger partial charge in [-0.15, -0.1) is 0 Å². The summed E-state index contributed by atoms with van der Waals surface area (Å²) in [6.07, 6.45) is 0. The van der Waals surface area contributed by atoms with E-state index in [0.29, 0.717) is 5.56 Å². The van der Waals surface area contributed by atoms with Gasteiger partial charge in [0, 0.05) is 18.3 Å². The molecule has 2 N–H and O–H groups in total. The first-order chi connectivity index (χ1) is 9.08. The van der Waals surface area contributed by atoms with Gasteiger partial charge in [-0.1, -0.05) is 18.2 Å². The minimum atomic E-state index is -0.284. The molecule has 0 unspecified atom stereocenters. The number of ketones is 1. The zero-order valence-electron chi connectivity index (χ0n) is 10.6. The van der Waals surface area contributed by atoms with Gasteiger partial charge in [-0.05, 0) is 30.3 Å². The number of phenolic OH excluding ortho intramolecular Hbond substituents is 2. The van der Waals surface area contributed by atoms with Gasteiger partial charge in [0.1, 0.15) is 0 Å². The number of carbonyl (C=O) groups is 1. The molecular weight excluding hydrogens is 242 g/mol. The Bertz CT molecular complexity index is 581. The van der Waals surface area contributed by atoms with Crippen molar-refractivity contribution >= 4 is 11.5 Å². The molecular formula is C15H15NO3. The number of hydrogen-bond acceptors (Lipinski definition) is 4. The van der Waals surface area contributed by atoms with Gasteiger partial charge in [0.25, 0.3) is 0 Å². The van der Waals surface area contributed by atoms with Crippen LogP contribution in [0.15, 0.2) is 48.5 Å². The number of anilines is 1. The quantitative estimate of drug-likeness (QED) is 0.652. The highest BCUT2D eigenvalue weighted by atomic mass is 16.3. The maximum Gasteiger partial charge on any atom is 0.182 e. The molecule has 0 bridgehead atoms. The lowest BCUT2D eigenvalue weighted by atomic mass is 10.1. The van der Waals surface area contributed by atoms with E-state index in [1.54, 1.807) is 0 Å². The molecule has 0 amide bonds. The zero-order valence-corrected chi connectivity index (χ0v) is 10.6. The van der Waals surface area contributed by atoms with Crippen molar-refractivity contribution in [3.63, 3.8) is 0 Å². The Morgan fingerprint density at radius 2 is 1.74 bits per heavy atom. The van der Waals surface area contributed by atoms with Crippen LogP contribution in [0.5, 0.6) is 11.5 Å². The Balaban J connectivity index is 2.11. The molecule has 2 aromatic carbocycles. The van der Waals surface area contributed by atoms with Crippen molar-refractivity contribution in [3.05, 3.63) is 54.1 Å². The highest BCUT2D eigenvalue weighted by Crippen LogP contribution is 2.25. The van der Waals surface area contributed by atoms with E-state index in [-0.39, 0.29) is 23.8 Å². The predicted molar refractivity (Wildman–Crippen MR) is 73.8 cm³/mol. The highest BCUT2D eigenvalue weighted by Gasteiger charge is 2.11. The second-order valence-corrected chi connectivity index (χ2v) is 4.32. The van der Waals surface area contributed by atoms with Crippen molar-refractivity contribution in [3.8, 4) is 11.5 Å².